The molecule has 0 saturated carbocycles. The van der Waals surface area contributed by atoms with Crippen molar-refractivity contribution in [3.05, 3.63) is 56.6 Å². The van der Waals surface area contributed by atoms with Gasteiger partial charge in [0.1, 0.15) is 17.4 Å². The number of ether oxygens (including phenoxy) is 2. The van der Waals surface area contributed by atoms with E-state index < -0.39 is 11.9 Å². The van der Waals surface area contributed by atoms with Gasteiger partial charge < -0.3 is 15.2 Å². The van der Waals surface area contributed by atoms with Gasteiger partial charge in [-0.05, 0) is 24.6 Å². The molecule has 1 atom stereocenters. The molecule has 0 fully saturated rings. The van der Waals surface area contributed by atoms with Gasteiger partial charge in [0, 0.05) is 10.0 Å². The molecular formula is C16H13Cl3N2O3. The molecule has 8 heteroatoms. The summed E-state index contributed by atoms with van der Waals surface area (Å²) >= 11 is 18.1. The van der Waals surface area contributed by atoms with Crippen LogP contribution in [0, 0.1) is 11.3 Å². The van der Waals surface area contributed by atoms with E-state index >= 15 is 0 Å². The Labute approximate surface area is 154 Å². The van der Waals surface area contributed by atoms with Crippen LogP contribution in [0.3, 0.4) is 0 Å². The molecule has 0 aliphatic carbocycles. The molecule has 1 aliphatic rings. The first-order valence-corrected chi connectivity index (χ1v) is 8.22. The van der Waals surface area contributed by atoms with Gasteiger partial charge in [-0.2, -0.15) is 5.26 Å². The zero-order chi connectivity index (χ0) is 17.9. The highest BCUT2D eigenvalue weighted by atomic mass is 35.5. The number of carbonyl (C=O) groups excluding carboxylic acids is 1. The number of carbonyl (C=O) groups is 1. The molecule has 126 valence electrons. The number of hydrogen-bond donors (Lipinski definition) is 1. The standard InChI is InChI=1S/C16H13Cl3N2O3/c1-2-23-16(22)14-12(6-17)24-15(21)10(7-20)13(14)9-4-3-8(18)5-11(9)19/h3-5,13H,2,6,21H2,1H3/t13-/m0/s1. The van der Waals surface area contributed by atoms with E-state index in [0.717, 1.165) is 0 Å². The maximum Gasteiger partial charge on any atom is 0.338 e. The average Bonchev–Trinajstić information content (AvgIpc) is 2.54. The minimum Gasteiger partial charge on any atom is -0.463 e. The lowest BCUT2D eigenvalue weighted by Gasteiger charge is -2.28. The van der Waals surface area contributed by atoms with E-state index in [0.29, 0.717) is 10.6 Å². The van der Waals surface area contributed by atoms with Gasteiger partial charge in [0.25, 0.3) is 0 Å². The summed E-state index contributed by atoms with van der Waals surface area (Å²) in [5, 5.41) is 10.2. The SMILES string of the molecule is CCOC(=O)C1=C(CCl)OC(N)=C(C#N)[C@@H]1c1ccc(Cl)cc1Cl. The van der Waals surface area contributed by atoms with Crippen molar-refractivity contribution in [2.24, 2.45) is 5.73 Å². The van der Waals surface area contributed by atoms with Crippen molar-refractivity contribution in [1.82, 2.24) is 0 Å². The number of nitriles is 1. The zero-order valence-corrected chi connectivity index (χ0v) is 14.9. The number of nitrogens with zero attached hydrogens (tertiary/aromatic N) is 1. The van der Waals surface area contributed by atoms with Gasteiger partial charge in [0.2, 0.25) is 5.88 Å². The molecule has 0 spiro atoms. The third-order valence-corrected chi connectivity index (χ3v) is 4.19. The van der Waals surface area contributed by atoms with Crippen LogP contribution in [0.2, 0.25) is 10.0 Å². The van der Waals surface area contributed by atoms with E-state index in [-0.39, 0.29) is 40.3 Å². The molecule has 0 aromatic heterocycles. The predicted octanol–water partition coefficient (Wildman–Crippen LogP) is 3.86. The second-order valence-electron chi connectivity index (χ2n) is 4.78. The smallest absolute Gasteiger partial charge is 0.338 e. The van der Waals surface area contributed by atoms with Gasteiger partial charge in [-0.1, -0.05) is 29.3 Å². The van der Waals surface area contributed by atoms with Gasteiger partial charge in [-0.25, -0.2) is 4.79 Å². The van der Waals surface area contributed by atoms with Crippen molar-refractivity contribution in [3.8, 4) is 6.07 Å². The number of benzene rings is 1. The highest BCUT2D eigenvalue weighted by Gasteiger charge is 2.38. The normalized spacial score (nSPS) is 17.4. The van der Waals surface area contributed by atoms with Gasteiger partial charge in [-0.3, -0.25) is 0 Å². The number of rotatable bonds is 4. The summed E-state index contributed by atoms with van der Waals surface area (Å²) < 4.78 is 10.4. The lowest BCUT2D eigenvalue weighted by molar-refractivity contribution is -0.139. The number of allylic oxidation sites excluding steroid dienone is 2. The van der Waals surface area contributed by atoms with Crippen LogP contribution in [0.15, 0.2) is 41.0 Å². The molecule has 0 radical (unpaired) electrons. The summed E-state index contributed by atoms with van der Waals surface area (Å²) in [6.45, 7) is 1.82. The molecule has 5 nitrogen and oxygen atoms in total. The van der Waals surface area contributed by atoms with E-state index in [1.807, 2.05) is 6.07 Å². The molecule has 0 bridgehead atoms. The van der Waals surface area contributed by atoms with Crippen molar-refractivity contribution >= 4 is 40.8 Å². The third-order valence-electron chi connectivity index (χ3n) is 3.39. The minimum absolute atomic E-state index is 0.0520. The molecule has 1 aliphatic heterocycles. The fraction of sp³-hybridized carbons (Fsp3) is 0.250. The highest BCUT2D eigenvalue weighted by Crippen LogP contribution is 2.42. The van der Waals surface area contributed by atoms with Crippen LogP contribution in [0.25, 0.3) is 0 Å². The molecule has 1 aromatic rings. The van der Waals surface area contributed by atoms with Crippen LogP contribution in [-0.4, -0.2) is 18.5 Å². The summed E-state index contributed by atoms with van der Waals surface area (Å²) in [4.78, 5) is 12.4. The van der Waals surface area contributed by atoms with Crippen LogP contribution in [0.1, 0.15) is 18.4 Å². The van der Waals surface area contributed by atoms with E-state index in [1.54, 1.807) is 19.1 Å². The topological polar surface area (TPSA) is 85.3 Å². The Bertz CT molecular complexity index is 781. The lowest BCUT2D eigenvalue weighted by Crippen LogP contribution is -2.27. The third kappa shape index (κ3) is 3.46. The Morgan fingerprint density at radius 2 is 2.17 bits per heavy atom. The van der Waals surface area contributed by atoms with Gasteiger partial charge in [-0.15, -0.1) is 11.6 Å². The molecular weight excluding hydrogens is 375 g/mol. The quantitative estimate of drug-likeness (QED) is 0.626. The van der Waals surface area contributed by atoms with Gasteiger partial charge in [0.15, 0.2) is 0 Å². The largest absolute Gasteiger partial charge is 0.463 e. The minimum atomic E-state index is -0.846. The zero-order valence-electron chi connectivity index (χ0n) is 12.6. The first-order chi connectivity index (χ1) is 11.4. The molecule has 1 heterocycles. The summed E-state index contributed by atoms with van der Waals surface area (Å²) in [5.41, 5.74) is 6.45. The summed E-state index contributed by atoms with van der Waals surface area (Å²) in [5.74, 6) is -1.61. The molecule has 2 N–H and O–H groups in total. The van der Waals surface area contributed by atoms with Crippen molar-refractivity contribution < 1.29 is 14.3 Å². The number of hydrogen-bond acceptors (Lipinski definition) is 5. The Morgan fingerprint density at radius 3 is 2.71 bits per heavy atom. The Balaban J connectivity index is 2.71. The number of alkyl halides is 1. The molecule has 0 saturated heterocycles. The van der Waals surface area contributed by atoms with Crippen LogP contribution < -0.4 is 5.73 Å². The lowest BCUT2D eigenvalue weighted by atomic mass is 9.83. The van der Waals surface area contributed by atoms with Crippen molar-refractivity contribution in [3.63, 3.8) is 0 Å². The molecule has 2 rings (SSSR count). The number of esters is 1. The van der Waals surface area contributed by atoms with E-state index in [1.165, 1.54) is 6.07 Å². The van der Waals surface area contributed by atoms with E-state index in [9.17, 15) is 10.1 Å². The monoisotopic (exact) mass is 386 g/mol. The van der Waals surface area contributed by atoms with E-state index in [2.05, 4.69) is 0 Å². The molecule has 0 unspecified atom stereocenters. The second-order valence-corrected chi connectivity index (χ2v) is 5.89. The van der Waals surface area contributed by atoms with Gasteiger partial charge >= 0.3 is 5.97 Å². The fourth-order valence-corrected chi connectivity index (χ4v) is 3.11. The maximum absolute atomic E-state index is 12.4. The van der Waals surface area contributed by atoms with Crippen molar-refractivity contribution in [2.45, 2.75) is 12.8 Å². The summed E-state index contributed by atoms with van der Waals surface area (Å²) in [6, 6.07) is 6.71. The highest BCUT2D eigenvalue weighted by molar-refractivity contribution is 6.35. The summed E-state index contributed by atoms with van der Waals surface area (Å²) in [7, 11) is 0. The van der Waals surface area contributed by atoms with Crippen molar-refractivity contribution in [2.75, 3.05) is 12.5 Å². The van der Waals surface area contributed by atoms with Crippen molar-refractivity contribution in [1.29, 1.82) is 5.26 Å². The van der Waals surface area contributed by atoms with Crippen LogP contribution in [0.4, 0.5) is 0 Å². The number of halogens is 3. The molecule has 24 heavy (non-hydrogen) atoms. The first-order valence-electron chi connectivity index (χ1n) is 6.93. The maximum atomic E-state index is 12.4. The predicted molar refractivity (Wildman–Crippen MR) is 91.5 cm³/mol. The van der Waals surface area contributed by atoms with E-state index in [4.69, 9.17) is 50.0 Å². The van der Waals surface area contributed by atoms with Gasteiger partial charge in [0.05, 0.1) is 24.0 Å². The Morgan fingerprint density at radius 1 is 1.46 bits per heavy atom. The average molecular weight is 388 g/mol. The fourth-order valence-electron chi connectivity index (χ4n) is 2.40. The van der Waals surface area contributed by atoms with Crippen LogP contribution >= 0.6 is 34.8 Å². The van der Waals surface area contributed by atoms with Crippen LogP contribution in [0.5, 0.6) is 0 Å². The molecule has 1 aromatic carbocycles. The first kappa shape index (κ1) is 18.5. The number of nitrogens with two attached hydrogens (primary N) is 1. The second kappa shape index (κ2) is 7.80. The Hall–Kier alpha value is -1.87. The summed E-state index contributed by atoms with van der Waals surface area (Å²) in [6.07, 6.45) is 0. The Kier molecular flexibility index (Phi) is 6.00. The van der Waals surface area contributed by atoms with Crippen LogP contribution in [-0.2, 0) is 14.3 Å². The molecule has 0 amide bonds.